The molecule has 0 spiro atoms. The zero-order chi connectivity index (χ0) is 17.4. The van der Waals surface area contributed by atoms with Crippen molar-refractivity contribution in [3.05, 3.63) is 63.7 Å². The van der Waals surface area contributed by atoms with Crippen LogP contribution in [0, 0.1) is 26.7 Å². The van der Waals surface area contributed by atoms with Gasteiger partial charge in [-0.2, -0.15) is 0 Å². The summed E-state index contributed by atoms with van der Waals surface area (Å²) >= 11 is 6.14. The van der Waals surface area contributed by atoms with E-state index in [4.69, 9.17) is 11.6 Å². The minimum absolute atomic E-state index is 0.135. The Labute approximate surface area is 147 Å². The number of hydrogen-bond donors (Lipinski definition) is 0. The average molecular weight is 342 g/mol. The molecule has 24 heavy (non-hydrogen) atoms. The number of hydrogen-bond acceptors (Lipinski definition) is 2. The lowest BCUT2D eigenvalue weighted by atomic mass is 9.95. The predicted molar refractivity (Wildman–Crippen MR) is 96.4 cm³/mol. The first-order valence-corrected chi connectivity index (χ1v) is 8.43. The van der Waals surface area contributed by atoms with E-state index in [9.17, 15) is 9.59 Å². The van der Waals surface area contributed by atoms with E-state index in [0.29, 0.717) is 17.1 Å². The minimum atomic E-state index is -0.308. The first kappa shape index (κ1) is 16.7. The van der Waals surface area contributed by atoms with Gasteiger partial charge in [-0.15, -0.1) is 0 Å². The van der Waals surface area contributed by atoms with Gasteiger partial charge in [-0.25, -0.2) is 4.90 Å². The van der Waals surface area contributed by atoms with Crippen molar-refractivity contribution in [3.63, 3.8) is 0 Å². The van der Waals surface area contributed by atoms with Crippen LogP contribution >= 0.6 is 11.6 Å². The normalized spacial score (nSPS) is 17.7. The van der Waals surface area contributed by atoms with E-state index in [0.717, 1.165) is 11.1 Å². The van der Waals surface area contributed by atoms with E-state index in [1.807, 2.05) is 20.8 Å². The van der Waals surface area contributed by atoms with Gasteiger partial charge in [0.25, 0.3) is 0 Å². The Hall–Kier alpha value is -2.13. The molecule has 124 valence electrons. The van der Waals surface area contributed by atoms with E-state index in [2.05, 4.69) is 18.2 Å². The highest BCUT2D eigenvalue weighted by atomic mass is 35.5. The summed E-state index contributed by atoms with van der Waals surface area (Å²) in [4.78, 5) is 26.6. The van der Waals surface area contributed by atoms with Crippen LogP contribution in [0.15, 0.2) is 36.4 Å². The van der Waals surface area contributed by atoms with Crippen molar-refractivity contribution < 1.29 is 9.59 Å². The number of carbonyl (C=O) groups excluding carboxylic acids is 2. The van der Waals surface area contributed by atoms with Gasteiger partial charge in [0.1, 0.15) is 0 Å². The number of aryl methyl sites for hydroxylation is 2. The van der Waals surface area contributed by atoms with Crippen LogP contribution in [0.3, 0.4) is 0 Å². The molecule has 3 nitrogen and oxygen atoms in total. The minimum Gasteiger partial charge on any atom is -0.274 e. The largest absolute Gasteiger partial charge is 0.274 e. The van der Waals surface area contributed by atoms with Crippen LogP contribution in [0.1, 0.15) is 28.7 Å². The standard InChI is InChI=1S/C20H20ClNO2/c1-12-7-13(2)9-15(8-12)10-16-11-19(23)22(20(16)24)18-6-4-5-17(21)14(18)3/h4-9,16H,10-11H2,1-3H3. The van der Waals surface area contributed by atoms with Gasteiger partial charge < -0.3 is 0 Å². The second kappa shape index (κ2) is 6.40. The van der Waals surface area contributed by atoms with Crippen molar-refractivity contribution in [1.82, 2.24) is 0 Å². The zero-order valence-electron chi connectivity index (χ0n) is 14.1. The van der Waals surface area contributed by atoms with Crippen LogP contribution in [-0.4, -0.2) is 11.8 Å². The van der Waals surface area contributed by atoms with Gasteiger partial charge >= 0.3 is 0 Å². The second-order valence-corrected chi connectivity index (χ2v) is 6.96. The maximum atomic E-state index is 12.8. The monoisotopic (exact) mass is 341 g/mol. The Bertz CT molecular complexity index is 808. The third kappa shape index (κ3) is 3.09. The van der Waals surface area contributed by atoms with Crippen LogP contribution in [-0.2, 0) is 16.0 Å². The Morgan fingerprint density at radius 3 is 2.42 bits per heavy atom. The number of anilines is 1. The van der Waals surface area contributed by atoms with Crippen LogP contribution in [0.5, 0.6) is 0 Å². The molecule has 2 amide bonds. The van der Waals surface area contributed by atoms with Crippen LogP contribution in [0.2, 0.25) is 5.02 Å². The zero-order valence-corrected chi connectivity index (χ0v) is 14.9. The Kier molecular flexibility index (Phi) is 4.46. The highest BCUT2D eigenvalue weighted by Gasteiger charge is 2.40. The lowest BCUT2D eigenvalue weighted by molar-refractivity contribution is -0.122. The summed E-state index contributed by atoms with van der Waals surface area (Å²) in [5.41, 5.74) is 4.80. The van der Waals surface area contributed by atoms with E-state index < -0.39 is 0 Å². The Morgan fingerprint density at radius 1 is 1.08 bits per heavy atom. The van der Waals surface area contributed by atoms with Crippen molar-refractivity contribution in [2.75, 3.05) is 4.90 Å². The van der Waals surface area contributed by atoms with Crippen LogP contribution in [0.25, 0.3) is 0 Å². The molecule has 1 aliphatic rings. The summed E-state index contributed by atoms with van der Waals surface area (Å²) in [6.07, 6.45) is 0.834. The molecule has 0 radical (unpaired) electrons. The number of rotatable bonds is 3. The van der Waals surface area contributed by atoms with Crippen molar-refractivity contribution in [3.8, 4) is 0 Å². The molecule has 0 N–H and O–H groups in total. The quantitative estimate of drug-likeness (QED) is 0.776. The average Bonchev–Trinajstić information content (AvgIpc) is 2.76. The molecule has 3 rings (SSSR count). The fourth-order valence-corrected chi connectivity index (χ4v) is 3.59. The van der Waals surface area contributed by atoms with Gasteiger partial charge in [0.2, 0.25) is 11.8 Å². The van der Waals surface area contributed by atoms with Gasteiger partial charge in [0, 0.05) is 11.4 Å². The molecule has 1 fully saturated rings. The summed E-state index contributed by atoms with van der Waals surface area (Å²) in [7, 11) is 0. The molecular formula is C20H20ClNO2. The maximum Gasteiger partial charge on any atom is 0.237 e. The number of nitrogens with zero attached hydrogens (tertiary/aromatic N) is 1. The molecule has 0 saturated carbocycles. The Balaban J connectivity index is 1.88. The lowest BCUT2D eigenvalue weighted by Gasteiger charge is -2.18. The molecule has 1 unspecified atom stereocenters. The van der Waals surface area contributed by atoms with Gasteiger partial charge in [-0.3, -0.25) is 9.59 Å². The smallest absolute Gasteiger partial charge is 0.237 e. The number of benzene rings is 2. The molecule has 2 aromatic rings. The molecule has 0 aromatic heterocycles. The van der Waals surface area contributed by atoms with Crippen LogP contribution in [0.4, 0.5) is 5.69 Å². The summed E-state index contributed by atoms with van der Waals surface area (Å²) in [5.74, 6) is -0.596. The van der Waals surface area contributed by atoms with Crippen molar-refractivity contribution in [2.45, 2.75) is 33.6 Å². The second-order valence-electron chi connectivity index (χ2n) is 6.55. The fourth-order valence-electron chi connectivity index (χ4n) is 3.42. The number of amides is 2. The number of halogens is 1. The molecule has 4 heteroatoms. The maximum absolute atomic E-state index is 12.8. The van der Waals surface area contributed by atoms with E-state index in [-0.39, 0.29) is 24.2 Å². The topological polar surface area (TPSA) is 37.4 Å². The molecule has 0 bridgehead atoms. The highest BCUT2D eigenvalue weighted by molar-refractivity contribution is 6.32. The first-order chi connectivity index (χ1) is 11.4. The van der Waals surface area contributed by atoms with Crippen molar-refractivity contribution in [2.24, 2.45) is 5.92 Å². The number of imide groups is 1. The summed E-state index contributed by atoms with van der Waals surface area (Å²) in [6, 6.07) is 11.6. The predicted octanol–water partition coefficient (Wildman–Crippen LogP) is 4.39. The fraction of sp³-hybridized carbons (Fsp3) is 0.300. The summed E-state index contributed by atoms with van der Waals surface area (Å²) < 4.78 is 0. The SMILES string of the molecule is Cc1cc(C)cc(CC2CC(=O)N(c3cccc(Cl)c3C)C2=O)c1. The third-order valence-corrected chi connectivity index (χ3v) is 4.89. The molecule has 1 saturated heterocycles. The van der Waals surface area contributed by atoms with Gasteiger partial charge in [-0.1, -0.05) is 47.0 Å². The summed E-state index contributed by atoms with van der Waals surface area (Å²) in [5, 5.41) is 0.561. The van der Waals surface area contributed by atoms with Gasteiger partial charge in [0.15, 0.2) is 0 Å². The summed E-state index contributed by atoms with van der Waals surface area (Å²) in [6.45, 7) is 5.91. The molecule has 1 atom stereocenters. The van der Waals surface area contributed by atoms with Gasteiger partial charge in [0.05, 0.1) is 11.6 Å². The van der Waals surface area contributed by atoms with E-state index in [1.54, 1.807) is 18.2 Å². The van der Waals surface area contributed by atoms with Gasteiger partial charge in [-0.05, 0) is 50.5 Å². The first-order valence-electron chi connectivity index (χ1n) is 8.06. The Morgan fingerprint density at radius 2 is 1.75 bits per heavy atom. The number of carbonyl (C=O) groups is 2. The van der Waals surface area contributed by atoms with Crippen LogP contribution < -0.4 is 4.90 Å². The molecule has 1 heterocycles. The highest BCUT2D eigenvalue weighted by Crippen LogP contribution is 2.33. The molecule has 0 aliphatic carbocycles. The van der Waals surface area contributed by atoms with Crippen molar-refractivity contribution in [1.29, 1.82) is 0 Å². The van der Waals surface area contributed by atoms with Crippen molar-refractivity contribution >= 4 is 29.1 Å². The van der Waals surface area contributed by atoms with E-state index >= 15 is 0 Å². The molecule has 2 aromatic carbocycles. The lowest BCUT2D eigenvalue weighted by Crippen LogP contribution is -2.31. The molecule has 1 aliphatic heterocycles. The third-order valence-electron chi connectivity index (χ3n) is 4.48. The molecular weight excluding hydrogens is 322 g/mol. The van der Waals surface area contributed by atoms with E-state index in [1.165, 1.54) is 16.0 Å².